The minimum Gasteiger partial charge on any atom is -0.453 e. The van der Waals surface area contributed by atoms with Crippen LogP contribution in [0, 0.1) is 35.4 Å². The first-order valence-electron chi connectivity index (χ1n) is 15.4. The minimum atomic E-state index is -1.80. The van der Waals surface area contributed by atoms with E-state index in [9.17, 15) is 9.18 Å². The van der Waals surface area contributed by atoms with Crippen LogP contribution in [0.4, 0.5) is 14.5 Å². The fourth-order valence-electron chi connectivity index (χ4n) is 6.04. The van der Waals surface area contributed by atoms with Crippen LogP contribution in [0.1, 0.15) is 79.4 Å². The first-order valence-corrected chi connectivity index (χ1v) is 15.4. The largest absolute Gasteiger partial charge is 0.453 e. The number of carbonyl (C=O) groups is 1. The number of nitrogens with one attached hydrogen (secondary N) is 3. The van der Waals surface area contributed by atoms with E-state index in [1.54, 1.807) is 31.5 Å². The van der Waals surface area contributed by atoms with Gasteiger partial charge in [0.2, 0.25) is 0 Å². The molecule has 3 aliphatic rings. The number of nitrogens with zero attached hydrogens (tertiary/aromatic N) is 2. The number of hydrogen-bond donors (Lipinski definition) is 3. The number of rotatable bonds is 11. The summed E-state index contributed by atoms with van der Waals surface area (Å²) in [5.74, 6) is -0.189. The molecule has 9 heteroatoms. The second-order valence-corrected chi connectivity index (χ2v) is 12.0. The Hall–Kier alpha value is -4.53. The molecule has 2 aromatic carbocycles. The molecule has 0 bridgehead atoms. The van der Waals surface area contributed by atoms with Gasteiger partial charge in [-0.3, -0.25) is 9.79 Å². The van der Waals surface area contributed by atoms with Gasteiger partial charge in [-0.15, -0.1) is 0 Å². The van der Waals surface area contributed by atoms with Crippen LogP contribution < -0.4 is 10.1 Å². The van der Waals surface area contributed by atoms with Crippen molar-refractivity contribution in [2.75, 3.05) is 5.32 Å². The van der Waals surface area contributed by atoms with Gasteiger partial charge in [-0.2, -0.15) is 4.39 Å². The minimum absolute atomic E-state index is 0.0559. The lowest BCUT2D eigenvalue weighted by Gasteiger charge is -2.22. The third kappa shape index (κ3) is 7.08. The molecule has 2 heterocycles. The van der Waals surface area contributed by atoms with Crippen LogP contribution in [-0.4, -0.2) is 35.1 Å². The number of allylic oxidation sites excluding steroid dienone is 2. The molecule has 1 fully saturated rings. The molecule has 3 N–H and O–H groups in total. The summed E-state index contributed by atoms with van der Waals surface area (Å²) in [5, 5.41) is 19.6. The number of aliphatic imine (C=N–C) groups is 2. The van der Waals surface area contributed by atoms with E-state index < -0.39 is 12.2 Å². The van der Waals surface area contributed by atoms with Gasteiger partial charge in [0.05, 0.1) is 11.6 Å². The van der Waals surface area contributed by atoms with Crippen LogP contribution in [0.3, 0.4) is 0 Å². The third-order valence-corrected chi connectivity index (χ3v) is 8.64. The first kappa shape index (κ1) is 31.9. The monoisotopic (exact) mass is 611 g/mol. The van der Waals surface area contributed by atoms with Gasteiger partial charge in [0.25, 0.3) is 6.36 Å². The Balaban J connectivity index is 1.25. The van der Waals surface area contributed by atoms with Crippen molar-refractivity contribution in [2.24, 2.45) is 21.8 Å². The first-order chi connectivity index (χ1) is 21.5. The number of benzene rings is 2. The second-order valence-electron chi connectivity index (χ2n) is 12.0. The lowest BCUT2D eigenvalue weighted by atomic mass is 9.83. The van der Waals surface area contributed by atoms with E-state index in [1.807, 2.05) is 25.1 Å². The topological polar surface area (TPSA) is 111 Å². The molecule has 0 aromatic heterocycles. The van der Waals surface area contributed by atoms with Crippen molar-refractivity contribution in [3.63, 3.8) is 0 Å². The highest BCUT2D eigenvalue weighted by Gasteiger charge is 2.31. The summed E-state index contributed by atoms with van der Waals surface area (Å²) in [5.41, 5.74) is 6.11. The molecule has 2 unspecified atom stereocenters. The van der Waals surface area contributed by atoms with Crippen LogP contribution in [0.2, 0.25) is 0 Å². The normalized spacial score (nSPS) is 19.7. The van der Waals surface area contributed by atoms with E-state index in [0.29, 0.717) is 52.7 Å². The molecular formula is C36H39F2N5O2. The maximum absolute atomic E-state index is 15.2. The molecule has 0 spiro atoms. The molecule has 0 radical (unpaired) electrons. The lowest BCUT2D eigenvalue weighted by Crippen LogP contribution is -2.30. The number of aryl methyl sites for hydroxylation is 1. The summed E-state index contributed by atoms with van der Waals surface area (Å²) < 4.78 is 34.4. The van der Waals surface area contributed by atoms with Crippen molar-refractivity contribution in [3.8, 4) is 5.75 Å². The quantitative estimate of drug-likeness (QED) is 0.134. The standard InChI is InChI=1S/C36H39F2N5O2/c1-5-23-17-26(10-11-28(23)31(44)18-25(40)16-22-6-8-24(39)9-7-22)43-36-34-29(14-15-41-36)30(19-42-34)27-12-13-32(33(37)21(27)4)45-35(38)20(2)3/h10-15,17,19,22,29,35,39-40H,2,5-9,16,18H2,1,3-4H3,(H,41,43). The van der Waals surface area contributed by atoms with Crippen LogP contribution in [0.25, 0.3) is 5.57 Å². The summed E-state index contributed by atoms with van der Waals surface area (Å²) >= 11 is 0. The number of amidine groups is 1. The van der Waals surface area contributed by atoms with Crippen molar-refractivity contribution in [3.05, 3.63) is 89.0 Å². The number of hydrogen-bond acceptors (Lipinski definition) is 7. The smallest absolute Gasteiger partial charge is 0.259 e. The van der Waals surface area contributed by atoms with E-state index >= 15 is 4.39 Å². The molecule has 7 nitrogen and oxygen atoms in total. The number of ketones is 1. The van der Waals surface area contributed by atoms with Gasteiger partial charge in [-0.05, 0) is 110 Å². The SMILES string of the molecule is C=C(C)C(F)Oc1ccc(C2=CN=C3C(Nc4ccc(C(=O)CC(=N)CC5CCC(=N)CC5)c(CC)c4)=NC=CC23)c(C)c1F. The van der Waals surface area contributed by atoms with E-state index in [1.165, 1.54) is 13.0 Å². The summed E-state index contributed by atoms with van der Waals surface area (Å²) in [7, 11) is 0. The van der Waals surface area contributed by atoms with Crippen LogP contribution in [0.5, 0.6) is 5.75 Å². The number of Topliss-reactive ketones (excluding diaryl/α,β-unsaturated/α-hetero) is 1. The maximum Gasteiger partial charge on any atom is 0.259 e. The van der Waals surface area contributed by atoms with Gasteiger partial charge in [-0.1, -0.05) is 25.6 Å². The highest BCUT2D eigenvalue weighted by Crippen LogP contribution is 2.37. The molecule has 1 saturated carbocycles. The Morgan fingerprint density at radius 1 is 1.20 bits per heavy atom. The average Bonchev–Trinajstić information content (AvgIpc) is 3.45. The van der Waals surface area contributed by atoms with Gasteiger partial charge in [0.15, 0.2) is 23.2 Å². The van der Waals surface area contributed by atoms with E-state index in [4.69, 9.17) is 15.6 Å². The van der Waals surface area contributed by atoms with Crippen molar-refractivity contribution in [2.45, 2.75) is 72.1 Å². The highest BCUT2D eigenvalue weighted by atomic mass is 19.1. The molecule has 2 aromatic rings. The molecule has 45 heavy (non-hydrogen) atoms. The summed E-state index contributed by atoms with van der Waals surface area (Å²) in [4.78, 5) is 22.3. The predicted molar refractivity (Wildman–Crippen MR) is 177 cm³/mol. The molecule has 1 aliphatic carbocycles. The van der Waals surface area contributed by atoms with Crippen molar-refractivity contribution >= 4 is 40.0 Å². The molecule has 0 saturated heterocycles. The van der Waals surface area contributed by atoms with Gasteiger partial charge in [0, 0.05) is 41.5 Å². The number of halogens is 2. The molecule has 2 atom stereocenters. The average molecular weight is 612 g/mol. The molecule has 234 valence electrons. The van der Waals surface area contributed by atoms with Gasteiger partial charge >= 0.3 is 0 Å². The molecule has 0 amide bonds. The Labute approximate surface area is 262 Å². The van der Waals surface area contributed by atoms with Gasteiger partial charge < -0.3 is 20.9 Å². The van der Waals surface area contributed by atoms with Crippen LogP contribution >= 0.6 is 0 Å². The second kappa shape index (κ2) is 13.6. The lowest BCUT2D eigenvalue weighted by molar-refractivity contribution is 0.0973. The van der Waals surface area contributed by atoms with E-state index in [2.05, 4.69) is 21.9 Å². The summed E-state index contributed by atoms with van der Waals surface area (Å²) in [6.07, 6.45) is 8.30. The number of carbonyl (C=O) groups excluding carboxylic acids is 1. The highest BCUT2D eigenvalue weighted by molar-refractivity contribution is 6.49. The molecule has 2 aliphatic heterocycles. The third-order valence-electron chi connectivity index (χ3n) is 8.64. The maximum atomic E-state index is 15.2. The van der Waals surface area contributed by atoms with Crippen LogP contribution in [0.15, 0.2) is 70.9 Å². The number of ether oxygens (including phenoxy) is 1. The molecular weight excluding hydrogens is 572 g/mol. The van der Waals surface area contributed by atoms with E-state index in [0.717, 1.165) is 48.2 Å². The van der Waals surface area contributed by atoms with Crippen molar-refractivity contribution in [1.29, 1.82) is 10.8 Å². The Morgan fingerprint density at radius 2 is 1.96 bits per heavy atom. The zero-order valence-corrected chi connectivity index (χ0v) is 26.0. The summed E-state index contributed by atoms with van der Waals surface area (Å²) in [6.45, 7) is 8.62. The van der Waals surface area contributed by atoms with Crippen LogP contribution in [-0.2, 0) is 6.42 Å². The predicted octanol–water partition coefficient (Wildman–Crippen LogP) is 8.59. The number of anilines is 1. The summed E-state index contributed by atoms with van der Waals surface area (Å²) in [6, 6.07) is 8.71. The van der Waals surface area contributed by atoms with Gasteiger partial charge in [-0.25, -0.2) is 9.38 Å². The zero-order chi connectivity index (χ0) is 32.2. The van der Waals surface area contributed by atoms with Crippen molar-refractivity contribution < 1.29 is 18.3 Å². The van der Waals surface area contributed by atoms with Crippen molar-refractivity contribution in [1.82, 2.24) is 0 Å². The van der Waals surface area contributed by atoms with E-state index in [-0.39, 0.29) is 29.4 Å². The fourth-order valence-corrected chi connectivity index (χ4v) is 6.04. The fraction of sp³-hybridized carbons (Fsp3) is 0.361. The Kier molecular flexibility index (Phi) is 9.65. The zero-order valence-electron chi connectivity index (χ0n) is 26.0. The molecule has 5 rings (SSSR count). The van der Waals surface area contributed by atoms with Gasteiger partial charge in [0.1, 0.15) is 0 Å². The Morgan fingerprint density at radius 3 is 2.67 bits per heavy atom. The Bertz CT molecular complexity index is 1680. The number of fused-ring (bicyclic) bond motifs is 1. The number of alkyl halides is 1.